The fraction of sp³-hybridized carbons (Fsp3) is 0.256. The van der Waals surface area contributed by atoms with Crippen LogP contribution in [0.2, 0.25) is 0 Å². The van der Waals surface area contributed by atoms with Gasteiger partial charge in [0.1, 0.15) is 17.9 Å². The van der Waals surface area contributed by atoms with Crippen molar-refractivity contribution in [3.05, 3.63) is 105 Å². The number of non-ortho nitro benzene ring substituents is 1. The van der Waals surface area contributed by atoms with Crippen molar-refractivity contribution in [1.29, 1.82) is 0 Å². The van der Waals surface area contributed by atoms with E-state index in [0.29, 0.717) is 22.6 Å². The molecule has 5 aromatic rings. The van der Waals surface area contributed by atoms with Gasteiger partial charge in [-0.2, -0.15) is 0 Å². The lowest BCUT2D eigenvalue weighted by Gasteiger charge is -2.22. The van der Waals surface area contributed by atoms with E-state index in [4.69, 9.17) is 33.2 Å². The Morgan fingerprint density at radius 2 is 1.43 bits per heavy atom. The van der Waals surface area contributed by atoms with Gasteiger partial charge in [-0.1, -0.05) is 12.1 Å². The number of nitro groups is 1. The number of methoxy groups -OCH3 is 5. The van der Waals surface area contributed by atoms with Crippen LogP contribution in [0.25, 0.3) is 27.6 Å². The molecule has 0 fully saturated rings. The average molecular weight is 742 g/mol. The van der Waals surface area contributed by atoms with Crippen molar-refractivity contribution >= 4 is 34.2 Å². The maximum Gasteiger partial charge on any atom is 0.412 e. The number of ether oxygens (including phenoxy) is 7. The molecule has 5 rings (SSSR count). The number of hydrogen-bond donors (Lipinski definition) is 1. The molecule has 15 heteroatoms. The number of nitrogens with one attached hydrogen (secondary N) is 1. The molecule has 1 N–H and O–H groups in total. The molecule has 0 aliphatic rings. The lowest BCUT2D eigenvalue weighted by atomic mass is 9.95. The van der Waals surface area contributed by atoms with Crippen LogP contribution >= 0.6 is 0 Å². The number of esters is 1. The Kier molecular flexibility index (Phi) is 11.3. The zero-order valence-corrected chi connectivity index (χ0v) is 30.9. The van der Waals surface area contributed by atoms with Gasteiger partial charge in [0.25, 0.3) is 11.2 Å². The molecule has 1 heterocycles. The summed E-state index contributed by atoms with van der Waals surface area (Å²) >= 11 is 0. The number of fused-ring (bicyclic) bond motifs is 1. The van der Waals surface area contributed by atoms with Crippen LogP contribution in [0.1, 0.15) is 36.8 Å². The van der Waals surface area contributed by atoms with E-state index in [2.05, 4.69) is 5.32 Å². The van der Waals surface area contributed by atoms with E-state index in [1.165, 1.54) is 58.3 Å². The van der Waals surface area contributed by atoms with Gasteiger partial charge in [0.2, 0.25) is 5.75 Å². The highest BCUT2D eigenvalue weighted by Gasteiger charge is 2.28. The normalized spacial score (nSPS) is 11.0. The minimum Gasteiger partial charge on any atom is -0.493 e. The van der Waals surface area contributed by atoms with Gasteiger partial charge in [-0.15, -0.1) is 0 Å². The van der Waals surface area contributed by atoms with Crippen molar-refractivity contribution in [2.24, 2.45) is 0 Å². The number of amides is 1. The number of aromatic nitrogens is 1. The molecule has 282 valence electrons. The Balaban J connectivity index is 1.80. The summed E-state index contributed by atoms with van der Waals surface area (Å²) in [6.45, 7) is 5.12. The van der Waals surface area contributed by atoms with Crippen LogP contribution in [-0.4, -0.2) is 62.7 Å². The molecule has 0 atom stereocenters. The highest BCUT2D eigenvalue weighted by Crippen LogP contribution is 2.45. The summed E-state index contributed by atoms with van der Waals surface area (Å²) < 4.78 is 40.4. The molecule has 0 radical (unpaired) electrons. The second kappa shape index (κ2) is 15.9. The summed E-state index contributed by atoms with van der Waals surface area (Å²) in [7, 11) is 6.96. The molecular formula is C39H39N3O12. The smallest absolute Gasteiger partial charge is 0.412 e. The van der Waals surface area contributed by atoms with Gasteiger partial charge in [-0.05, 0) is 80.4 Å². The van der Waals surface area contributed by atoms with E-state index < -0.39 is 28.1 Å². The minimum absolute atomic E-state index is 0.0934. The maximum absolute atomic E-state index is 14.7. The molecule has 0 unspecified atom stereocenters. The van der Waals surface area contributed by atoms with E-state index in [1.54, 1.807) is 75.4 Å². The van der Waals surface area contributed by atoms with E-state index in [1.807, 2.05) is 0 Å². The molecule has 54 heavy (non-hydrogen) atoms. The zero-order valence-electron chi connectivity index (χ0n) is 30.9. The van der Waals surface area contributed by atoms with Crippen LogP contribution in [0, 0.1) is 10.1 Å². The van der Waals surface area contributed by atoms with Crippen LogP contribution in [0.5, 0.6) is 28.7 Å². The lowest BCUT2D eigenvalue weighted by molar-refractivity contribution is -0.384. The highest BCUT2D eigenvalue weighted by atomic mass is 16.6. The number of benzene rings is 4. The van der Waals surface area contributed by atoms with Gasteiger partial charge in [0.15, 0.2) is 23.0 Å². The average Bonchev–Trinajstić information content (AvgIpc) is 3.15. The number of carbonyl (C=O) groups excluding carboxylic acids is 2. The standard InChI is InChI=1S/C39H39N3O12/c1-39(2,3)54-38(45)40-24-12-14-25(15-13-24)41-34(37(44)52-8)33(23-17-31(49-5)35(51-7)32(18-23)50-6)27-19-29(48-4)30(20-28(27)36(41)43)53-21-22-10-9-11-26(16-22)42(46)47/h9-20H,21H2,1-8H3,(H,40,45). The second-order valence-corrected chi connectivity index (χ2v) is 12.7. The largest absolute Gasteiger partial charge is 0.493 e. The molecule has 1 aromatic heterocycles. The number of nitrogens with zero attached hydrogens (tertiary/aromatic N) is 2. The number of rotatable bonds is 12. The van der Waals surface area contributed by atoms with Gasteiger partial charge in [0.05, 0.1) is 45.9 Å². The minimum atomic E-state index is -0.848. The zero-order chi connectivity index (χ0) is 39.3. The first-order chi connectivity index (χ1) is 25.7. The van der Waals surface area contributed by atoms with Crippen LogP contribution in [-0.2, 0) is 16.1 Å². The van der Waals surface area contributed by atoms with Crippen LogP contribution in [0.3, 0.4) is 0 Å². The van der Waals surface area contributed by atoms with Crippen molar-refractivity contribution in [3.8, 4) is 45.6 Å². The van der Waals surface area contributed by atoms with E-state index in [0.717, 1.165) is 0 Å². The summed E-state index contributed by atoms with van der Waals surface area (Å²) in [5, 5.41) is 14.4. The third kappa shape index (κ3) is 7.99. The SMILES string of the molecule is COC(=O)c1c(-c2cc(OC)c(OC)c(OC)c2)c2cc(OC)c(OCc3cccc([N+](=O)[O-])c3)cc2c(=O)n1-c1ccc(NC(=O)OC(C)(C)C)cc1. The molecule has 0 spiro atoms. The Morgan fingerprint density at radius 1 is 0.796 bits per heavy atom. The Hall–Kier alpha value is -6.77. The highest BCUT2D eigenvalue weighted by molar-refractivity contribution is 6.08. The third-order valence-electron chi connectivity index (χ3n) is 8.09. The number of hydrogen-bond acceptors (Lipinski definition) is 12. The predicted octanol–water partition coefficient (Wildman–Crippen LogP) is 7.31. The van der Waals surface area contributed by atoms with Crippen molar-refractivity contribution in [3.63, 3.8) is 0 Å². The fourth-order valence-electron chi connectivity index (χ4n) is 5.77. The molecule has 0 aliphatic heterocycles. The number of nitro benzene ring substituents is 1. The van der Waals surface area contributed by atoms with Gasteiger partial charge >= 0.3 is 12.1 Å². The Morgan fingerprint density at radius 3 is 1.98 bits per heavy atom. The quantitative estimate of drug-likeness (QED) is 0.0768. The van der Waals surface area contributed by atoms with Crippen molar-refractivity contribution < 1.29 is 47.7 Å². The lowest BCUT2D eigenvalue weighted by Crippen LogP contribution is -2.27. The van der Waals surface area contributed by atoms with Crippen LogP contribution < -0.4 is 34.6 Å². The van der Waals surface area contributed by atoms with Gasteiger partial charge in [-0.3, -0.25) is 24.8 Å². The summed E-state index contributed by atoms with van der Waals surface area (Å²) in [5.41, 5.74) is 0.139. The molecular weight excluding hydrogens is 702 g/mol. The third-order valence-corrected chi connectivity index (χ3v) is 8.09. The van der Waals surface area contributed by atoms with Crippen molar-refractivity contribution in [2.45, 2.75) is 33.0 Å². The van der Waals surface area contributed by atoms with Crippen LogP contribution in [0.4, 0.5) is 16.2 Å². The predicted molar refractivity (Wildman–Crippen MR) is 200 cm³/mol. The van der Waals surface area contributed by atoms with Crippen LogP contribution in [0.15, 0.2) is 77.6 Å². The second-order valence-electron chi connectivity index (χ2n) is 12.7. The monoisotopic (exact) mass is 741 g/mol. The fourth-order valence-corrected chi connectivity index (χ4v) is 5.77. The first kappa shape index (κ1) is 38.5. The van der Waals surface area contributed by atoms with Crippen molar-refractivity contribution in [1.82, 2.24) is 4.57 Å². The maximum atomic E-state index is 14.7. The topological polar surface area (TPSA) is 176 Å². The Bertz CT molecular complexity index is 2270. The number of anilines is 1. The van der Waals surface area contributed by atoms with Gasteiger partial charge < -0.3 is 33.2 Å². The Labute approximate surface area is 310 Å². The number of pyridine rings is 1. The van der Waals surface area contributed by atoms with E-state index >= 15 is 0 Å². The molecule has 15 nitrogen and oxygen atoms in total. The summed E-state index contributed by atoms with van der Waals surface area (Å²) in [5.74, 6) is 0.345. The molecule has 4 aromatic carbocycles. The van der Waals surface area contributed by atoms with Gasteiger partial charge in [0, 0.05) is 34.5 Å². The summed E-state index contributed by atoms with van der Waals surface area (Å²) in [4.78, 5) is 51.9. The van der Waals surface area contributed by atoms with Gasteiger partial charge in [-0.25, -0.2) is 9.59 Å². The summed E-state index contributed by atoms with van der Waals surface area (Å²) in [6, 6.07) is 18.5. The summed E-state index contributed by atoms with van der Waals surface area (Å²) in [6.07, 6.45) is -0.676. The molecule has 0 aliphatic carbocycles. The molecule has 0 saturated heterocycles. The first-order valence-electron chi connectivity index (χ1n) is 16.4. The van der Waals surface area contributed by atoms with Crippen molar-refractivity contribution in [2.75, 3.05) is 40.9 Å². The first-order valence-corrected chi connectivity index (χ1v) is 16.4. The molecule has 1 amide bonds. The molecule has 0 bridgehead atoms. The van der Waals surface area contributed by atoms with E-state index in [-0.39, 0.29) is 63.0 Å². The number of carbonyl (C=O) groups is 2. The molecule has 0 saturated carbocycles. The van der Waals surface area contributed by atoms with E-state index in [9.17, 15) is 24.5 Å².